The van der Waals surface area contributed by atoms with Crippen LogP contribution in [-0.2, 0) is 0 Å². The van der Waals surface area contributed by atoms with Crippen molar-refractivity contribution in [2.24, 2.45) is 17.1 Å². The molecule has 1 saturated carbocycles. The summed E-state index contributed by atoms with van der Waals surface area (Å²) in [6.07, 6.45) is 0. The largest absolute Gasteiger partial charge is 0.460 e. The number of para-hydroxylation sites is 1. The van der Waals surface area contributed by atoms with E-state index in [1.165, 1.54) is 10.9 Å². The SMILES string of the molecule is Cc1c([C@@H]2[C@@H](CN)C2(C)C)oc2ccccc12. The molecule has 1 fully saturated rings. The fourth-order valence-corrected chi connectivity index (χ4v) is 3.19. The van der Waals surface area contributed by atoms with Crippen LogP contribution in [0.1, 0.15) is 31.1 Å². The van der Waals surface area contributed by atoms with Crippen molar-refractivity contribution in [3.8, 4) is 0 Å². The fraction of sp³-hybridized carbons (Fsp3) is 0.467. The molecule has 0 amide bonds. The van der Waals surface area contributed by atoms with Gasteiger partial charge in [-0.2, -0.15) is 0 Å². The van der Waals surface area contributed by atoms with Crippen molar-refractivity contribution in [3.63, 3.8) is 0 Å². The van der Waals surface area contributed by atoms with Crippen molar-refractivity contribution >= 4 is 11.0 Å². The normalized spacial score (nSPS) is 26.4. The second-order valence-electron chi connectivity index (χ2n) is 5.73. The summed E-state index contributed by atoms with van der Waals surface area (Å²) < 4.78 is 6.03. The highest BCUT2D eigenvalue weighted by molar-refractivity contribution is 5.82. The van der Waals surface area contributed by atoms with E-state index in [1.807, 2.05) is 12.1 Å². The number of benzene rings is 1. The summed E-state index contributed by atoms with van der Waals surface area (Å²) in [5.41, 5.74) is 8.41. The number of rotatable bonds is 2. The number of hydrogen-bond acceptors (Lipinski definition) is 2. The van der Waals surface area contributed by atoms with Gasteiger partial charge in [-0.25, -0.2) is 0 Å². The Morgan fingerprint density at radius 3 is 2.59 bits per heavy atom. The van der Waals surface area contributed by atoms with Crippen LogP contribution < -0.4 is 5.73 Å². The average Bonchev–Trinajstić information content (AvgIpc) is 2.70. The van der Waals surface area contributed by atoms with Crippen LogP contribution in [0.15, 0.2) is 28.7 Å². The molecule has 17 heavy (non-hydrogen) atoms. The van der Waals surface area contributed by atoms with E-state index in [4.69, 9.17) is 10.2 Å². The van der Waals surface area contributed by atoms with Gasteiger partial charge in [0.2, 0.25) is 0 Å². The molecule has 0 saturated heterocycles. The van der Waals surface area contributed by atoms with Gasteiger partial charge in [0.15, 0.2) is 0 Å². The smallest absolute Gasteiger partial charge is 0.134 e. The fourth-order valence-electron chi connectivity index (χ4n) is 3.19. The molecule has 3 rings (SSSR count). The monoisotopic (exact) mass is 229 g/mol. The minimum Gasteiger partial charge on any atom is -0.460 e. The van der Waals surface area contributed by atoms with Crippen LogP contribution in [0.2, 0.25) is 0 Å². The standard InChI is InChI=1S/C15H19NO/c1-9-10-6-4-5-7-12(10)17-14(9)13-11(8-16)15(13,2)3/h4-7,11,13H,8,16H2,1-3H3/t11-,13+/m1/s1. The minimum atomic E-state index is 0.285. The molecule has 1 aromatic heterocycles. The summed E-state index contributed by atoms with van der Waals surface area (Å²) >= 11 is 0. The van der Waals surface area contributed by atoms with E-state index in [-0.39, 0.29) is 5.41 Å². The lowest BCUT2D eigenvalue weighted by atomic mass is 10.0. The van der Waals surface area contributed by atoms with Crippen molar-refractivity contribution in [2.75, 3.05) is 6.54 Å². The van der Waals surface area contributed by atoms with E-state index in [9.17, 15) is 0 Å². The van der Waals surface area contributed by atoms with Gasteiger partial charge in [0.1, 0.15) is 11.3 Å². The van der Waals surface area contributed by atoms with Crippen molar-refractivity contribution in [2.45, 2.75) is 26.7 Å². The Morgan fingerprint density at radius 1 is 1.29 bits per heavy atom. The Kier molecular flexibility index (Phi) is 2.14. The Hall–Kier alpha value is -1.28. The first-order chi connectivity index (χ1) is 8.07. The van der Waals surface area contributed by atoms with Crippen LogP contribution in [-0.4, -0.2) is 6.54 Å². The van der Waals surface area contributed by atoms with Gasteiger partial charge < -0.3 is 10.2 Å². The average molecular weight is 229 g/mol. The van der Waals surface area contributed by atoms with Crippen LogP contribution >= 0.6 is 0 Å². The van der Waals surface area contributed by atoms with Crippen LogP contribution in [0, 0.1) is 18.3 Å². The van der Waals surface area contributed by atoms with E-state index in [2.05, 4.69) is 32.9 Å². The molecule has 1 heterocycles. The first-order valence-corrected chi connectivity index (χ1v) is 6.25. The van der Waals surface area contributed by atoms with Gasteiger partial charge in [-0.1, -0.05) is 32.0 Å². The number of furan rings is 1. The van der Waals surface area contributed by atoms with E-state index < -0.39 is 0 Å². The molecule has 0 radical (unpaired) electrons. The van der Waals surface area contributed by atoms with Gasteiger partial charge in [-0.05, 0) is 36.4 Å². The van der Waals surface area contributed by atoms with E-state index in [0.717, 1.165) is 17.9 Å². The molecule has 0 aliphatic heterocycles. The maximum Gasteiger partial charge on any atom is 0.134 e. The summed E-state index contributed by atoms with van der Waals surface area (Å²) in [5.74, 6) is 2.19. The summed E-state index contributed by atoms with van der Waals surface area (Å²) in [4.78, 5) is 0. The molecular weight excluding hydrogens is 210 g/mol. The van der Waals surface area contributed by atoms with E-state index >= 15 is 0 Å². The summed E-state index contributed by atoms with van der Waals surface area (Å²) in [6.45, 7) is 7.46. The predicted molar refractivity (Wildman–Crippen MR) is 70.0 cm³/mol. The van der Waals surface area contributed by atoms with E-state index in [0.29, 0.717) is 11.8 Å². The zero-order valence-electron chi connectivity index (χ0n) is 10.7. The number of nitrogens with two attached hydrogens (primary N) is 1. The molecule has 2 nitrogen and oxygen atoms in total. The van der Waals surface area contributed by atoms with Gasteiger partial charge >= 0.3 is 0 Å². The van der Waals surface area contributed by atoms with Crippen molar-refractivity contribution in [1.82, 2.24) is 0 Å². The van der Waals surface area contributed by atoms with Gasteiger partial charge in [0.25, 0.3) is 0 Å². The van der Waals surface area contributed by atoms with Gasteiger partial charge in [-0.15, -0.1) is 0 Å². The third-order valence-electron chi connectivity index (χ3n) is 4.47. The lowest BCUT2D eigenvalue weighted by Gasteiger charge is -2.00. The molecule has 2 atom stereocenters. The lowest BCUT2D eigenvalue weighted by Crippen LogP contribution is -2.05. The highest BCUT2D eigenvalue weighted by atomic mass is 16.3. The third-order valence-corrected chi connectivity index (χ3v) is 4.47. The molecule has 2 N–H and O–H groups in total. The maximum absolute atomic E-state index is 6.03. The Labute approximate surface area is 102 Å². The molecule has 1 aromatic carbocycles. The van der Waals surface area contributed by atoms with Crippen molar-refractivity contribution in [1.29, 1.82) is 0 Å². The van der Waals surface area contributed by atoms with E-state index in [1.54, 1.807) is 0 Å². The molecule has 0 unspecified atom stereocenters. The predicted octanol–water partition coefficient (Wildman–Crippen LogP) is 3.44. The second kappa shape index (κ2) is 3.36. The number of fused-ring (bicyclic) bond motifs is 1. The third kappa shape index (κ3) is 1.37. The second-order valence-corrected chi connectivity index (χ2v) is 5.73. The molecule has 2 aromatic rings. The van der Waals surface area contributed by atoms with Gasteiger partial charge in [0, 0.05) is 11.3 Å². The highest BCUT2D eigenvalue weighted by Gasteiger charge is 2.59. The van der Waals surface area contributed by atoms with Crippen LogP contribution in [0.25, 0.3) is 11.0 Å². The van der Waals surface area contributed by atoms with Gasteiger partial charge in [0.05, 0.1) is 0 Å². The van der Waals surface area contributed by atoms with Crippen molar-refractivity contribution < 1.29 is 4.42 Å². The highest BCUT2D eigenvalue weighted by Crippen LogP contribution is 2.64. The molecule has 1 aliphatic rings. The van der Waals surface area contributed by atoms with Gasteiger partial charge in [-0.3, -0.25) is 0 Å². The quantitative estimate of drug-likeness (QED) is 0.856. The molecule has 1 aliphatic carbocycles. The first-order valence-electron chi connectivity index (χ1n) is 6.25. The molecule has 0 bridgehead atoms. The Balaban J connectivity index is 2.11. The molecular formula is C15H19NO. The molecule has 0 spiro atoms. The molecule has 90 valence electrons. The maximum atomic E-state index is 6.03. The first kappa shape index (κ1) is 10.8. The summed E-state index contributed by atoms with van der Waals surface area (Å²) in [6, 6.07) is 8.25. The number of hydrogen-bond donors (Lipinski definition) is 1. The van der Waals surface area contributed by atoms with Crippen LogP contribution in [0.3, 0.4) is 0 Å². The number of aryl methyl sites for hydroxylation is 1. The topological polar surface area (TPSA) is 39.2 Å². The zero-order chi connectivity index (χ0) is 12.2. The van der Waals surface area contributed by atoms with Crippen molar-refractivity contribution in [3.05, 3.63) is 35.6 Å². The van der Waals surface area contributed by atoms with Crippen LogP contribution in [0.4, 0.5) is 0 Å². The molecule has 2 heteroatoms. The summed E-state index contributed by atoms with van der Waals surface area (Å²) in [7, 11) is 0. The summed E-state index contributed by atoms with van der Waals surface area (Å²) in [5, 5.41) is 1.24. The van der Waals surface area contributed by atoms with Crippen LogP contribution in [0.5, 0.6) is 0 Å². The zero-order valence-corrected chi connectivity index (χ0v) is 10.7. The minimum absolute atomic E-state index is 0.285. The Bertz CT molecular complexity index is 567. The lowest BCUT2D eigenvalue weighted by molar-refractivity contribution is 0.505. The Morgan fingerprint density at radius 2 is 2.00 bits per heavy atom.